The third-order valence-corrected chi connectivity index (χ3v) is 3.81. The first-order valence-electron chi connectivity index (χ1n) is 7.09. The van der Waals surface area contributed by atoms with Crippen LogP contribution in [0.2, 0.25) is 0 Å². The van der Waals surface area contributed by atoms with Crippen LogP contribution in [-0.2, 0) is 4.74 Å². The lowest BCUT2D eigenvalue weighted by Crippen LogP contribution is -2.09. The quantitative estimate of drug-likeness (QED) is 0.942. The second kappa shape index (κ2) is 5.33. The molecule has 1 fully saturated rings. The Kier molecular flexibility index (Phi) is 3.51. The van der Waals surface area contributed by atoms with E-state index in [4.69, 9.17) is 4.74 Å². The van der Waals surface area contributed by atoms with E-state index in [9.17, 15) is 9.90 Å². The highest BCUT2D eigenvalue weighted by Crippen LogP contribution is 2.31. The molecule has 1 N–H and O–H groups in total. The summed E-state index contributed by atoms with van der Waals surface area (Å²) >= 11 is 0. The number of aromatic carboxylic acids is 1. The topological polar surface area (TPSA) is 64.4 Å². The van der Waals surface area contributed by atoms with E-state index < -0.39 is 5.97 Å². The van der Waals surface area contributed by atoms with Crippen LogP contribution in [-0.4, -0.2) is 27.5 Å². The number of rotatable bonds is 3. The van der Waals surface area contributed by atoms with Gasteiger partial charge in [-0.2, -0.15) is 5.10 Å². The molecule has 1 aromatic heterocycles. The SMILES string of the molecule is Cc1ccc(C)c(-n2nc(C(=O)O)cc2C2CCCO2)c1. The molecule has 0 saturated carbocycles. The Hall–Kier alpha value is -2.14. The zero-order valence-corrected chi connectivity index (χ0v) is 12.2. The zero-order chi connectivity index (χ0) is 15.0. The number of carboxylic acid groups (broad SMARTS) is 1. The number of nitrogens with zero attached hydrogens (tertiary/aromatic N) is 2. The molecule has 1 aliphatic heterocycles. The molecule has 21 heavy (non-hydrogen) atoms. The molecule has 110 valence electrons. The summed E-state index contributed by atoms with van der Waals surface area (Å²) in [4.78, 5) is 11.2. The summed E-state index contributed by atoms with van der Waals surface area (Å²) in [6, 6.07) is 7.70. The molecular weight excluding hydrogens is 268 g/mol. The van der Waals surface area contributed by atoms with Gasteiger partial charge in [-0.25, -0.2) is 9.48 Å². The second-order valence-electron chi connectivity index (χ2n) is 5.46. The van der Waals surface area contributed by atoms with E-state index in [1.165, 1.54) is 0 Å². The first kappa shape index (κ1) is 13.8. The van der Waals surface area contributed by atoms with Crippen molar-refractivity contribution in [2.75, 3.05) is 6.61 Å². The van der Waals surface area contributed by atoms with Gasteiger partial charge in [0.2, 0.25) is 0 Å². The van der Waals surface area contributed by atoms with Crippen LogP contribution in [0.4, 0.5) is 0 Å². The van der Waals surface area contributed by atoms with Crippen LogP contribution in [0.1, 0.15) is 46.3 Å². The van der Waals surface area contributed by atoms with Crippen molar-refractivity contribution in [2.24, 2.45) is 0 Å². The summed E-state index contributed by atoms with van der Waals surface area (Å²) in [5, 5.41) is 13.5. The highest BCUT2D eigenvalue weighted by molar-refractivity contribution is 5.85. The molecule has 0 aliphatic carbocycles. The van der Waals surface area contributed by atoms with E-state index in [1.807, 2.05) is 32.0 Å². The fourth-order valence-corrected chi connectivity index (χ4v) is 2.68. The normalized spacial score (nSPS) is 18.1. The van der Waals surface area contributed by atoms with Crippen molar-refractivity contribution in [3.8, 4) is 5.69 Å². The summed E-state index contributed by atoms with van der Waals surface area (Å²) in [7, 11) is 0. The summed E-state index contributed by atoms with van der Waals surface area (Å²) in [5.74, 6) is -1.02. The summed E-state index contributed by atoms with van der Waals surface area (Å²) in [6.07, 6.45) is 1.81. The minimum absolute atomic E-state index is 0.0569. The smallest absolute Gasteiger partial charge is 0.356 e. The average Bonchev–Trinajstić information content (AvgIpc) is 3.09. The van der Waals surface area contributed by atoms with Gasteiger partial charge in [-0.1, -0.05) is 12.1 Å². The molecule has 5 heteroatoms. The number of aryl methyl sites for hydroxylation is 2. The average molecular weight is 286 g/mol. The van der Waals surface area contributed by atoms with E-state index in [0.29, 0.717) is 6.61 Å². The van der Waals surface area contributed by atoms with Crippen molar-refractivity contribution >= 4 is 5.97 Å². The largest absolute Gasteiger partial charge is 0.476 e. The van der Waals surface area contributed by atoms with Crippen molar-refractivity contribution < 1.29 is 14.6 Å². The Morgan fingerprint density at radius 2 is 2.19 bits per heavy atom. The maximum absolute atomic E-state index is 11.2. The molecule has 1 atom stereocenters. The third-order valence-electron chi connectivity index (χ3n) is 3.81. The van der Waals surface area contributed by atoms with Crippen LogP contribution in [0.25, 0.3) is 5.69 Å². The second-order valence-corrected chi connectivity index (χ2v) is 5.46. The zero-order valence-electron chi connectivity index (χ0n) is 12.2. The maximum Gasteiger partial charge on any atom is 0.356 e. The van der Waals surface area contributed by atoms with Crippen molar-refractivity contribution in [3.05, 3.63) is 46.8 Å². The predicted molar refractivity (Wildman–Crippen MR) is 77.9 cm³/mol. The number of hydrogen-bond donors (Lipinski definition) is 1. The van der Waals surface area contributed by atoms with Gasteiger partial charge < -0.3 is 9.84 Å². The Bertz CT molecular complexity index is 685. The van der Waals surface area contributed by atoms with Gasteiger partial charge in [0.05, 0.1) is 17.5 Å². The predicted octanol–water partition coefficient (Wildman–Crippen LogP) is 3.04. The standard InChI is InChI=1S/C16H18N2O3/c1-10-5-6-11(2)13(8-10)18-14(15-4-3-7-21-15)9-12(17-18)16(19)20/h5-6,8-9,15H,3-4,7H2,1-2H3,(H,19,20). The van der Waals surface area contributed by atoms with Crippen molar-refractivity contribution in [2.45, 2.75) is 32.8 Å². The number of hydrogen-bond acceptors (Lipinski definition) is 3. The van der Waals surface area contributed by atoms with Gasteiger partial charge in [-0.05, 0) is 49.9 Å². The monoisotopic (exact) mass is 286 g/mol. The summed E-state index contributed by atoms with van der Waals surface area (Å²) in [5.41, 5.74) is 3.95. The van der Waals surface area contributed by atoms with Gasteiger partial charge in [-0.15, -0.1) is 0 Å². The lowest BCUT2D eigenvalue weighted by atomic mass is 10.1. The first-order valence-corrected chi connectivity index (χ1v) is 7.09. The summed E-state index contributed by atoms with van der Waals surface area (Å²) < 4.78 is 7.43. The van der Waals surface area contributed by atoms with Crippen molar-refractivity contribution in [3.63, 3.8) is 0 Å². The number of aromatic nitrogens is 2. The Balaban J connectivity index is 2.15. The highest BCUT2D eigenvalue weighted by atomic mass is 16.5. The molecule has 0 spiro atoms. The lowest BCUT2D eigenvalue weighted by molar-refractivity contribution is 0.0690. The molecule has 5 nitrogen and oxygen atoms in total. The fraction of sp³-hybridized carbons (Fsp3) is 0.375. The van der Waals surface area contributed by atoms with Gasteiger partial charge in [0.1, 0.15) is 0 Å². The van der Waals surface area contributed by atoms with Gasteiger partial charge in [0.25, 0.3) is 0 Å². The van der Waals surface area contributed by atoms with E-state index in [2.05, 4.69) is 5.10 Å². The highest BCUT2D eigenvalue weighted by Gasteiger charge is 2.25. The van der Waals surface area contributed by atoms with Crippen LogP contribution >= 0.6 is 0 Å². The molecular formula is C16H18N2O3. The van der Waals surface area contributed by atoms with Crippen LogP contribution in [0.3, 0.4) is 0 Å². The molecule has 1 saturated heterocycles. The number of ether oxygens (including phenoxy) is 1. The molecule has 0 bridgehead atoms. The van der Waals surface area contributed by atoms with E-state index in [-0.39, 0.29) is 11.8 Å². The number of carboxylic acids is 1. The minimum atomic E-state index is -1.02. The minimum Gasteiger partial charge on any atom is -0.476 e. The van der Waals surface area contributed by atoms with Gasteiger partial charge >= 0.3 is 5.97 Å². The molecule has 0 radical (unpaired) electrons. The van der Waals surface area contributed by atoms with Crippen LogP contribution in [0.15, 0.2) is 24.3 Å². The molecule has 3 rings (SSSR count). The molecule has 2 heterocycles. The van der Waals surface area contributed by atoms with Crippen LogP contribution < -0.4 is 0 Å². The van der Waals surface area contributed by atoms with E-state index in [1.54, 1.807) is 10.7 Å². The molecule has 2 aromatic rings. The fourth-order valence-electron chi connectivity index (χ4n) is 2.68. The molecule has 1 unspecified atom stereocenters. The number of benzene rings is 1. The van der Waals surface area contributed by atoms with Crippen molar-refractivity contribution in [1.82, 2.24) is 9.78 Å². The van der Waals surface area contributed by atoms with Gasteiger partial charge in [0, 0.05) is 6.61 Å². The Morgan fingerprint density at radius 1 is 1.38 bits per heavy atom. The number of carbonyl (C=O) groups is 1. The molecule has 1 aromatic carbocycles. The molecule has 0 amide bonds. The first-order chi connectivity index (χ1) is 10.1. The lowest BCUT2D eigenvalue weighted by Gasteiger charge is -2.14. The van der Waals surface area contributed by atoms with Gasteiger partial charge in [0.15, 0.2) is 5.69 Å². The maximum atomic E-state index is 11.2. The van der Waals surface area contributed by atoms with E-state index >= 15 is 0 Å². The van der Waals surface area contributed by atoms with E-state index in [0.717, 1.165) is 35.3 Å². The Morgan fingerprint density at radius 3 is 2.86 bits per heavy atom. The summed E-state index contributed by atoms with van der Waals surface area (Å²) in [6.45, 7) is 4.72. The van der Waals surface area contributed by atoms with Crippen LogP contribution in [0, 0.1) is 13.8 Å². The Labute approximate surface area is 123 Å². The van der Waals surface area contributed by atoms with Crippen molar-refractivity contribution in [1.29, 1.82) is 0 Å². The van der Waals surface area contributed by atoms with Gasteiger partial charge in [-0.3, -0.25) is 0 Å². The third kappa shape index (κ3) is 2.56. The van der Waals surface area contributed by atoms with Crippen LogP contribution in [0.5, 0.6) is 0 Å². The molecule has 1 aliphatic rings.